The first-order valence-electron chi connectivity index (χ1n) is 9.45. The van der Waals surface area contributed by atoms with Gasteiger partial charge < -0.3 is 9.88 Å². The number of carbonyl (C=O) groups excluding carboxylic acids is 2. The van der Waals surface area contributed by atoms with E-state index in [4.69, 9.17) is 0 Å². The number of aromatic nitrogens is 1. The van der Waals surface area contributed by atoms with Gasteiger partial charge in [-0.1, -0.05) is 0 Å². The standard InChI is InChI=1S/C19H21FN4O4S/c20-14-2-1-13-5-8-23(17(13)11-14)9-7-21-19(26)16-3-4-18(25)24(22-16)15-6-10-29(27,28)12-15/h1-2,5,8,11,15H,3-4,6-7,9-10,12H2,(H,21,26)/t15-/m0/s1. The van der Waals surface area contributed by atoms with Gasteiger partial charge in [-0.25, -0.2) is 17.8 Å². The summed E-state index contributed by atoms with van der Waals surface area (Å²) >= 11 is 0. The van der Waals surface area contributed by atoms with E-state index >= 15 is 0 Å². The maximum atomic E-state index is 13.5. The Balaban J connectivity index is 1.39. The van der Waals surface area contributed by atoms with Gasteiger partial charge in [-0.15, -0.1) is 0 Å². The molecule has 0 unspecified atom stereocenters. The van der Waals surface area contributed by atoms with Crippen molar-refractivity contribution < 1.29 is 22.4 Å². The summed E-state index contributed by atoms with van der Waals surface area (Å²) in [5, 5.41) is 9.01. The predicted octanol–water partition coefficient (Wildman–Crippen LogP) is 1.06. The molecule has 154 valence electrons. The lowest BCUT2D eigenvalue weighted by Gasteiger charge is -2.27. The van der Waals surface area contributed by atoms with E-state index in [1.807, 2.05) is 16.8 Å². The molecule has 29 heavy (non-hydrogen) atoms. The molecule has 0 spiro atoms. The molecule has 2 aliphatic heterocycles. The second kappa shape index (κ2) is 7.58. The molecule has 0 aliphatic carbocycles. The topological polar surface area (TPSA) is 101 Å². The van der Waals surface area contributed by atoms with E-state index in [0.717, 1.165) is 10.9 Å². The first-order chi connectivity index (χ1) is 13.8. The predicted molar refractivity (Wildman–Crippen MR) is 105 cm³/mol. The summed E-state index contributed by atoms with van der Waals surface area (Å²) in [6.45, 7) is 0.763. The number of nitrogens with zero attached hydrogens (tertiary/aromatic N) is 3. The lowest BCUT2D eigenvalue weighted by molar-refractivity contribution is -0.133. The van der Waals surface area contributed by atoms with Crippen LogP contribution in [0.15, 0.2) is 35.6 Å². The zero-order valence-electron chi connectivity index (χ0n) is 15.7. The number of hydrazone groups is 1. The number of amides is 2. The average molecular weight is 420 g/mol. The van der Waals surface area contributed by atoms with E-state index in [0.29, 0.717) is 19.5 Å². The Morgan fingerprint density at radius 1 is 1.28 bits per heavy atom. The third kappa shape index (κ3) is 4.16. The van der Waals surface area contributed by atoms with Crippen LogP contribution in [-0.2, 0) is 26.0 Å². The molecule has 2 amide bonds. The summed E-state index contributed by atoms with van der Waals surface area (Å²) in [5.74, 6) is -1.05. The molecule has 1 N–H and O–H groups in total. The van der Waals surface area contributed by atoms with Crippen LogP contribution in [0.5, 0.6) is 0 Å². The molecule has 2 aromatic rings. The fourth-order valence-electron chi connectivity index (χ4n) is 3.73. The highest BCUT2D eigenvalue weighted by atomic mass is 32.2. The Morgan fingerprint density at radius 3 is 2.86 bits per heavy atom. The normalized spacial score (nSPS) is 21.4. The molecule has 1 aromatic carbocycles. The van der Waals surface area contributed by atoms with Crippen LogP contribution >= 0.6 is 0 Å². The molecule has 8 nitrogen and oxygen atoms in total. The van der Waals surface area contributed by atoms with Gasteiger partial charge >= 0.3 is 0 Å². The van der Waals surface area contributed by atoms with Crippen molar-refractivity contribution in [3.63, 3.8) is 0 Å². The minimum atomic E-state index is -3.16. The van der Waals surface area contributed by atoms with Crippen LogP contribution in [0.3, 0.4) is 0 Å². The molecule has 1 aromatic heterocycles. The smallest absolute Gasteiger partial charge is 0.267 e. The van der Waals surface area contributed by atoms with E-state index in [1.165, 1.54) is 17.1 Å². The molecule has 10 heteroatoms. The van der Waals surface area contributed by atoms with Gasteiger partial charge in [-0.3, -0.25) is 9.59 Å². The van der Waals surface area contributed by atoms with Gasteiger partial charge in [-0.2, -0.15) is 5.10 Å². The Hall–Kier alpha value is -2.75. The quantitative estimate of drug-likeness (QED) is 0.782. The van der Waals surface area contributed by atoms with E-state index in [1.54, 1.807) is 6.07 Å². The molecular weight excluding hydrogens is 399 g/mol. The molecule has 0 saturated carbocycles. The zero-order chi connectivity index (χ0) is 20.6. The lowest BCUT2D eigenvalue weighted by Crippen LogP contribution is -2.44. The van der Waals surface area contributed by atoms with E-state index in [9.17, 15) is 22.4 Å². The molecule has 2 aliphatic rings. The molecule has 4 rings (SSSR count). The summed E-state index contributed by atoms with van der Waals surface area (Å²) in [7, 11) is -3.16. The van der Waals surface area contributed by atoms with Crippen molar-refractivity contribution >= 4 is 38.3 Å². The van der Waals surface area contributed by atoms with Crippen LogP contribution in [0.1, 0.15) is 19.3 Å². The molecule has 1 atom stereocenters. The molecule has 3 heterocycles. The maximum Gasteiger partial charge on any atom is 0.267 e. The summed E-state index contributed by atoms with van der Waals surface area (Å²) in [6.07, 6.45) is 2.52. The van der Waals surface area contributed by atoms with Crippen LogP contribution < -0.4 is 5.32 Å². The fourth-order valence-corrected chi connectivity index (χ4v) is 5.42. The number of hydrogen-bond acceptors (Lipinski definition) is 5. The van der Waals surface area contributed by atoms with Crippen molar-refractivity contribution in [2.75, 3.05) is 18.1 Å². The SMILES string of the molecule is O=C(NCCn1ccc2ccc(F)cc21)C1=NN([C@H]2CCS(=O)(=O)C2)C(=O)CC1. The Kier molecular flexibility index (Phi) is 5.12. The minimum absolute atomic E-state index is 0.0317. The zero-order valence-corrected chi connectivity index (χ0v) is 16.5. The average Bonchev–Trinajstić information content (AvgIpc) is 3.24. The second-order valence-corrected chi connectivity index (χ2v) is 9.54. The Labute approximate surface area is 167 Å². The van der Waals surface area contributed by atoms with Gasteiger partial charge in [0.2, 0.25) is 5.91 Å². The van der Waals surface area contributed by atoms with Crippen molar-refractivity contribution in [3.05, 3.63) is 36.3 Å². The van der Waals surface area contributed by atoms with E-state index in [-0.39, 0.29) is 47.7 Å². The number of benzene rings is 1. The third-order valence-corrected chi connectivity index (χ3v) is 7.00. The minimum Gasteiger partial charge on any atom is -0.349 e. The molecule has 0 radical (unpaired) electrons. The number of rotatable bonds is 5. The molecule has 0 bridgehead atoms. The summed E-state index contributed by atoms with van der Waals surface area (Å²) in [6, 6.07) is 5.92. The molecular formula is C19H21FN4O4S. The first kappa shape index (κ1) is 19.6. The van der Waals surface area contributed by atoms with Crippen LogP contribution in [0, 0.1) is 5.82 Å². The van der Waals surface area contributed by atoms with Crippen LogP contribution in [0.25, 0.3) is 10.9 Å². The van der Waals surface area contributed by atoms with Gasteiger partial charge in [0.1, 0.15) is 11.5 Å². The highest BCUT2D eigenvalue weighted by molar-refractivity contribution is 7.91. The fraction of sp³-hybridized carbons (Fsp3) is 0.421. The molecule has 1 fully saturated rings. The number of carbonyl (C=O) groups is 2. The number of fused-ring (bicyclic) bond motifs is 1. The Morgan fingerprint density at radius 2 is 2.10 bits per heavy atom. The van der Waals surface area contributed by atoms with Gasteiger partial charge in [-0.05, 0) is 36.1 Å². The Bertz CT molecular complexity index is 1110. The monoisotopic (exact) mass is 420 g/mol. The highest BCUT2D eigenvalue weighted by Gasteiger charge is 2.37. The van der Waals surface area contributed by atoms with Gasteiger partial charge in [0.15, 0.2) is 9.84 Å². The van der Waals surface area contributed by atoms with Crippen molar-refractivity contribution in [2.45, 2.75) is 31.8 Å². The van der Waals surface area contributed by atoms with E-state index in [2.05, 4.69) is 10.4 Å². The number of nitrogens with one attached hydrogen (secondary N) is 1. The highest BCUT2D eigenvalue weighted by Crippen LogP contribution is 2.22. The first-order valence-corrected chi connectivity index (χ1v) is 11.3. The van der Waals surface area contributed by atoms with Gasteiger partial charge in [0.25, 0.3) is 5.91 Å². The third-order valence-electron chi connectivity index (χ3n) is 5.25. The lowest BCUT2D eigenvalue weighted by atomic mass is 10.1. The summed E-state index contributed by atoms with van der Waals surface area (Å²) in [5.41, 5.74) is 0.964. The largest absolute Gasteiger partial charge is 0.349 e. The van der Waals surface area contributed by atoms with E-state index < -0.39 is 15.9 Å². The van der Waals surface area contributed by atoms with Crippen LogP contribution in [-0.4, -0.2) is 59.6 Å². The second-order valence-electron chi connectivity index (χ2n) is 7.31. The number of hydrogen-bond donors (Lipinski definition) is 1. The van der Waals surface area contributed by atoms with Crippen molar-refractivity contribution in [1.82, 2.24) is 14.9 Å². The maximum absolute atomic E-state index is 13.5. The van der Waals surface area contributed by atoms with Gasteiger partial charge in [0, 0.05) is 32.1 Å². The van der Waals surface area contributed by atoms with Crippen molar-refractivity contribution in [2.24, 2.45) is 5.10 Å². The van der Waals surface area contributed by atoms with Crippen LogP contribution in [0.4, 0.5) is 4.39 Å². The van der Waals surface area contributed by atoms with Crippen molar-refractivity contribution in [1.29, 1.82) is 0 Å². The summed E-state index contributed by atoms with van der Waals surface area (Å²) in [4.78, 5) is 24.6. The van der Waals surface area contributed by atoms with Crippen LogP contribution in [0.2, 0.25) is 0 Å². The van der Waals surface area contributed by atoms with Gasteiger partial charge in [0.05, 0.1) is 23.1 Å². The number of halogens is 1. The summed E-state index contributed by atoms with van der Waals surface area (Å²) < 4.78 is 38.7. The molecule has 1 saturated heterocycles. The number of sulfone groups is 1. The van der Waals surface area contributed by atoms with Crippen molar-refractivity contribution in [3.8, 4) is 0 Å².